The highest BCUT2D eigenvalue weighted by molar-refractivity contribution is 5.95. The van der Waals surface area contributed by atoms with Gasteiger partial charge < -0.3 is 62.2 Å². The smallest absolute Gasteiger partial charge is 0.163 e. The second-order valence-electron chi connectivity index (χ2n) is 20.6. The SMILES string of the molecule is CCC1=C(CC)c2cc3[nH]c(cnc4cc(OCCOCCOCCOC)c(OCCOCCOCCOC)cc4ncc4nc(cc1n2)C(CCCO)=C4C)c(C)c3CCCOC(c1ccccc1)(c1ccc(OC)cc1)c1ccc(OC)cc1. The second kappa shape index (κ2) is 33.5. The number of rotatable bonds is 35. The van der Waals surface area contributed by atoms with Crippen LogP contribution in [0, 0.1) is 6.92 Å². The van der Waals surface area contributed by atoms with Crippen molar-refractivity contribution in [2.45, 2.75) is 71.8 Å². The molecule has 17 nitrogen and oxygen atoms in total. The minimum absolute atomic E-state index is 0.0495. The number of aromatic nitrogens is 5. The topological polar surface area (TPSA) is 189 Å². The molecule has 6 bridgehead atoms. The van der Waals surface area contributed by atoms with E-state index in [0.29, 0.717) is 127 Å². The lowest BCUT2D eigenvalue weighted by Crippen LogP contribution is -2.33. The van der Waals surface area contributed by atoms with Crippen LogP contribution in [-0.4, -0.2) is 151 Å². The highest BCUT2D eigenvalue weighted by atomic mass is 16.6. The number of H-pyrrole nitrogens is 1. The van der Waals surface area contributed by atoms with Gasteiger partial charge in [0.2, 0.25) is 0 Å². The maximum atomic E-state index is 10.1. The maximum absolute atomic E-state index is 10.1. The van der Waals surface area contributed by atoms with Crippen molar-refractivity contribution in [1.82, 2.24) is 24.9 Å². The molecular weight excluding hydrogens is 1090 g/mol. The quantitative estimate of drug-likeness (QED) is 0.0282. The minimum Gasteiger partial charge on any atom is -0.497 e. The number of fused-ring (bicyclic) bond motifs is 7. The molecule has 458 valence electrons. The zero-order chi connectivity index (χ0) is 60.5. The van der Waals surface area contributed by atoms with Crippen LogP contribution >= 0.6 is 0 Å². The maximum Gasteiger partial charge on any atom is 0.163 e. The third-order valence-corrected chi connectivity index (χ3v) is 15.2. The second-order valence-corrected chi connectivity index (χ2v) is 20.6. The Hall–Kier alpha value is -7.32. The summed E-state index contributed by atoms with van der Waals surface area (Å²) in [4.78, 5) is 24.8. The largest absolute Gasteiger partial charge is 0.497 e. The molecule has 0 aliphatic carbocycles. The van der Waals surface area contributed by atoms with Crippen molar-refractivity contribution in [3.05, 3.63) is 166 Å². The summed E-state index contributed by atoms with van der Waals surface area (Å²) >= 11 is 0. The van der Waals surface area contributed by atoms with Crippen LogP contribution < -0.4 is 18.9 Å². The van der Waals surface area contributed by atoms with Crippen LogP contribution in [0.4, 0.5) is 0 Å². The summed E-state index contributed by atoms with van der Waals surface area (Å²) in [5.74, 6) is 2.43. The molecule has 2 aliphatic heterocycles. The van der Waals surface area contributed by atoms with Crippen LogP contribution in [0.25, 0.3) is 44.4 Å². The molecule has 2 aromatic heterocycles. The summed E-state index contributed by atoms with van der Waals surface area (Å²) < 4.78 is 64.6. The molecule has 0 saturated heterocycles. The van der Waals surface area contributed by atoms with Crippen molar-refractivity contribution in [2.75, 3.05) is 121 Å². The van der Waals surface area contributed by atoms with E-state index in [-0.39, 0.29) is 19.8 Å². The fraction of sp³-hybridized carbons (Fsp3) is 0.420. The molecule has 8 rings (SSSR count). The number of allylic oxidation sites excluding steroid dienone is 4. The van der Waals surface area contributed by atoms with Gasteiger partial charge >= 0.3 is 0 Å². The first-order valence-electron chi connectivity index (χ1n) is 29.8. The Morgan fingerprint density at radius 2 is 0.965 bits per heavy atom. The Kier molecular flexibility index (Phi) is 25.2. The lowest BCUT2D eigenvalue weighted by Gasteiger charge is -2.36. The highest BCUT2D eigenvalue weighted by Crippen LogP contribution is 2.43. The molecule has 4 aromatic carbocycles. The lowest BCUT2D eigenvalue weighted by atomic mass is 9.80. The summed E-state index contributed by atoms with van der Waals surface area (Å²) in [5.41, 5.74) is 14.6. The van der Waals surface area contributed by atoms with E-state index in [1.165, 1.54) is 11.1 Å². The number of nitrogens with one attached hydrogen (secondary N) is 1. The third kappa shape index (κ3) is 16.6. The number of aliphatic hydroxyl groups is 1. The van der Waals surface area contributed by atoms with Gasteiger partial charge in [0.1, 0.15) is 30.3 Å². The number of aliphatic hydroxyl groups excluding tert-OH is 1. The highest BCUT2D eigenvalue weighted by Gasteiger charge is 2.38. The van der Waals surface area contributed by atoms with Crippen LogP contribution in [-0.2, 0) is 45.2 Å². The molecule has 0 amide bonds. The molecule has 2 N–H and O–H groups in total. The van der Waals surface area contributed by atoms with Gasteiger partial charge in [-0.3, -0.25) is 9.97 Å². The molecule has 0 radical (unpaired) electrons. The molecule has 0 spiro atoms. The van der Waals surface area contributed by atoms with E-state index in [2.05, 4.69) is 93.3 Å². The first kappa shape index (κ1) is 64.7. The average molecular weight is 1180 g/mol. The van der Waals surface area contributed by atoms with Crippen molar-refractivity contribution in [2.24, 2.45) is 0 Å². The van der Waals surface area contributed by atoms with E-state index < -0.39 is 5.60 Å². The number of aryl methyl sites for hydroxylation is 2. The monoisotopic (exact) mass is 1180 g/mol. The zero-order valence-corrected chi connectivity index (χ0v) is 51.3. The molecular formula is C69H85N5O12. The van der Waals surface area contributed by atoms with Gasteiger partial charge in [0.05, 0.1) is 132 Å². The average Bonchev–Trinajstić information content (AvgIpc) is 1.21. The zero-order valence-electron chi connectivity index (χ0n) is 51.3. The number of hydrogen-bond donors (Lipinski definition) is 2. The third-order valence-electron chi connectivity index (χ3n) is 15.2. The Morgan fingerprint density at radius 1 is 0.477 bits per heavy atom. The van der Waals surface area contributed by atoms with Gasteiger partial charge in [-0.05, 0) is 139 Å². The van der Waals surface area contributed by atoms with E-state index in [1.54, 1.807) is 34.6 Å². The fourth-order valence-corrected chi connectivity index (χ4v) is 10.7. The van der Waals surface area contributed by atoms with Crippen molar-refractivity contribution in [3.8, 4) is 23.0 Å². The molecule has 4 heterocycles. The summed E-state index contributed by atoms with van der Waals surface area (Å²) in [5, 5.41) is 10.1. The van der Waals surface area contributed by atoms with Crippen molar-refractivity contribution < 1.29 is 57.2 Å². The number of nitrogens with zero attached hydrogens (tertiary/aromatic N) is 4. The van der Waals surface area contributed by atoms with Gasteiger partial charge in [-0.15, -0.1) is 0 Å². The minimum atomic E-state index is -0.975. The predicted molar refractivity (Wildman–Crippen MR) is 337 cm³/mol. The molecule has 2 aliphatic rings. The summed E-state index contributed by atoms with van der Waals surface area (Å²) in [6.07, 6.45) is 7.76. The van der Waals surface area contributed by atoms with Crippen LogP contribution in [0.5, 0.6) is 23.0 Å². The van der Waals surface area contributed by atoms with Gasteiger partial charge in [0.25, 0.3) is 0 Å². The fourth-order valence-electron chi connectivity index (χ4n) is 10.7. The number of aromatic amines is 1. The van der Waals surface area contributed by atoms with Crippen LogP contribution in [0.1, 0.15) is 103 Å². The van der Waals surface area contributed by atoms with E-state index >= 15 is 0 Å². The molecule has 0 fully saturated rings. The van der Waals surface area contributed by atoms with Crippen LogP contribution in [0.3, 0.4) is 0 Å². The van der Waals surface area contributed by atoms with E-state index in [4.69, 9.17) is 72.0 Å². The van der Waals surface area contributed by atoms with Crippen molar-refractivity contribution >= 4 is 44.4 Å². The number of benzene rings is 4. The summed E-state index contributed by atoms with van der Waals surface area (Å²) in [7, 11) is 6.64. The Morgan fingerprint density at radius 3 is 1.49 bits per heavy atom. The first-order valence-corrected chi connectivity index (χ1v) is 29.8. The molecule has 17 heteroatoms. The van der Waals surface area contributed by atoms with E-state index in [1.807, 2.05) is 48.7 Å². The number of methoxy groups -OCH3 is 4. The molecule has 6 aromatic rings. The van der Waals surface area contributed by atoms with Crippen LogP contribution in [0.2, 0.25) is 0 Å². The Balaban J connectivity index is 1.24. The molecule has 0 saturated carbocycles. The molecule has 86 heavy (non-hydrogen) atoms. The predicted octanol–water partition coefficient (Wildman–Crippen LogP) is 12.2. The number of hydrogen-bond acceptors (Lipinski definition) is 16. The van der Waals surface area contributed by atoms with Gasteiger partial charge in [0.15, 0.2) is 11.5 Å². The van der Waals surface area contributed by atoms with Crippen molar-refractivity contribution in [3.63, 3.8) is 0 Å². The van der Waals surface area contributed by atoms with Gasteiger partial charge in [-0.25, -0.2) is 9.97 Å². The lowest BCUT2D eigenvalue weighted by molar-refractivity contribution is 0.0116. The van der Waals surface area contributed by atoms with Crippen molar-refractivity contribution in [1.29, 1.82) is 0 Å². The van der Waals surface area contributed by atoms with Gasteiger partial charge in [-0.2, -0.15) is 0 Å². The molecule has 0 atom stereocenters. The first-order chi connectivity index (χ1) is 42.2. The summed E-state index contributed by atoms with van der Waals surface area (Å²) in [6.45, 7) is 13.8. The van der Waals surface area contributed by atoms with E-state index in [0.717, 1.165) is 91.4 Å². The van der Waals surface area contributed by atoms with Gasteiger partial charge in [-0.1, -0.05) is 68.4 Å². The van der Waals surface area contributed by atoms with E-state index in [9.17, 15) is 5.11 Å². The Bertz CT molecular complexity index is 3340. The summed E-state index contributed by atoms with van der Waals surface area (Å²) in [6, 6.07) is 34.6. The molecule has 0 unspecified atom stereocenters. The normalized spacial score (nSPS) is 12.5. The van der Waals surface area contributed by atoms with Crippen LogP contribution in [0.15, 0.2) is 116 Å². The van der Waals surface area contributed by atoms with Gasteiger partial charge in [0, 0.05) is 45.1 Å². The standard InChI is InChI=1S/C69H85N5O12/c1-9-55-56(10-2)60-43-62-58(19-15-29-86-69(50-16-12-11-13-17-50,51-20-24-53(78-7)25-21-51)52-22-26-54(79-8)27-23-52)49(4)66(74-62)47-71-64-45-68(85-41-39-83-37-35-81-33-31-77-6)67(84-40-38-82-36-34-80-32-30-76-5)44-63(64)70-46-65-48(3)57(18-14-28-75)61(73-65)42-59(55)72-60/h11-13,16-17,20-27,42-47,74-75H,9-10,14-15,18-19,28-41H2,1-8H3. The Labute approximate surface area is 506 Å². The number of ether oxygens (including phenoxy) is 11.